The number of hydrogen-bond acceptors (Lipinski definition) is 3. The van der Waals surface area contributed by atoms with Gasteiger partial charge in [-0.05, 0) is 24.3 Å². The van der Waals surface area contributed by atoms with Crippen LogP contribution in [0.4, 0.5) is 5.82 Å². The second kappa shape index (κ2) is 8.92. The first-order valence-electron chi connectivity index (χ1n) is 8.12. The predicted octanol–water partition coefficient (Wildman–Crippen LogP) is 5.23. The quantitative estimate of drug-likeness (QED) is 0.334. The van der Waals surface area contributed by atoms with Gasteiger partial charge in [0.2, 0.25) is 0 Å². The summed E-state index contributed by atoms with van der Waals surface area (Å²) in [6.07, 6.45) is 5.30. The van der Waals surface area contributed by atoms with E-state index >= 15 is 0 Å². The Hall–Kier alpha value is -2.51. The first kappa shape index (κ1) is 19.3. The molecule has 136 valence electrons. The molecule has 5 nitrogen and oxygen atoms in total. The molecule has 0 spiro atoms. The first-order valence-corrected chi connectivity index (χ1v) is 9.70. The molecule has 4 aromatic rings. The molecule has 0 radical (unpaired) electrons. The van der Waals surface area contributed by atoms with Gasteiger partial charge in [0.1, 0.15) is 11.5 Å². The van der Waals surface area contributed by atoms with E-state index in [0.717, 1.165) is 16.6 Å². The zero-order valence-electron chi connectivity index (χ0n) is 14.1. The van der Waals surface area contributed by atoms with Crippen molar-refractivity contribution in [2.45, 2.75) is 3.23 Å². The van der Waals surface area contributed by atoms with Crippen LogP contribution in [0.15, 0.2) is 85.3 Å². The van der Waals surface area contributed by atoms with Crippen LogP contribution in [0, 0.1) is 0 Å². The van der Waals surface area contributed by atoms with Crippen molar-refractivity contribution < 1.29 is 4.79 Å². The van der Waals surface area contributed by atoms with E-state index in [1.165, 1.54) is 0 Å². The van der Waals surface area contributed by atoms with Crippen LogP contribution in [0.2, 0.25) is 0 Å². The van der Waals surface area contributed by atoms with E-state index in [-0.39, 0.29) is 5.91 Å². The number of anilines is 1. The van der Waals surface area contributed by atoms with Crippen molar-refractivity contribution in [3.8, 4) is 0 Å². The number of nitrogens with one attached hydrogen (secondary N) is 2. The number of aromatic nitrogens is 3. The number of hydrogen-bond donors (Lipinski definition) is 2. The van der Waals surface area contributed by atoms with Crippen molar-refractivity contribution in [2.24, 2.45) is 0 Å². The number of carbonyl (C=O) groups excluding carboxylic acids is 1. The van der Waals surface area contributed by atoms with E-state index in [0.29, 0.717) is 5.82 Å². The molecule has 0 saturated heterocycles. The summed E-state index contributed by atoms with van der Waals surface area (Å²) in [6.45, 7) is 0. The highest BCUT2D eigenvalue weighted by Gasteiger charge is 2.43. The minimum Gasteiger partial charge on any atom is -0.346 e. The Balaban J connectivity index is 0.000000124. The molecule has 4 heterocycles. The van der Waals surface area contributed by atoms with Crippen LogP contribution in [-0.2, 0) is 8.03 Å². The van der Waals surface area contributed by atoms with Crippen LogP contribution in [-0.4, -0.2) is 20.9 Å². The largest absolute Gasteiger partial charge is 0.346 e. The molecule has 1 amide bonds. The normalized spacial score (nSPS) is 13.5. The number of nitrogens with zero attached hydrogens (tertiary/aromatic N) is 2. The van der Waals surface area contributed by atoms with Gasteiger partial charge in [-0.3, -0.25) is 4.79 Å². The highest BCUT2D eigenvalue weighted by molar-refractivity contribution is 9.25. The Morgan fingerprint density at radius 3 is 2.07 bits per heavy atom. The molecule has 2 N–H and O–H groups in total. The zero-order valence-corrected chi connectivity index (χ0v) is 17.3. The topological polar surface area (TPSA) is 70.7 Å². The fraction of sp³-hybridized carbons (Fsp3) is 0.0500. The lowest BCUT2D eigenvalue weighted by atomic mass is 10.2. The van der Waals surface area contributed by atoms with Gasteiger partial charge in [-0.25, -0.2) is 9.97 Å². The average Bonchev–Trinajstić information content (AvgIpc) is 3.27. The molecule has 3 aromatic heterocycles. The Morgan fingerprint density at radius 2 is 1.44 bits per heavy atom. The average molecular weight is 488 g/mol. The highest BCUT2D eigenvalue weighted by Crippen LogP contribution is 2.46. The number of alkyl halides is 2. The van der Waals surface area contributed by atoms with Crippen molar-refractivity contribution in [3.05, 3.63) is 90.9 Å². The minimum atomic E-state index is -0.802. The van der Waals surface area contributed by atoms with E-state index in [2.05, 4.69) is 52.1 Å². The fourth-order valence-corrected chi connectivity index (χ4v) is 3.17. The van der Waals surface area contributed by atoms with E-state index in [4.69, 9.17) is 0 Å². The molecule has 0 aliphatic carbocycles. The number of amides is 1. The summed E-state index contributed by atoms with van der Waals surface area (Å²) in [4.78, 5) is 22.4. The standard InChI is InChI=1S/C7H4Br2N2O.C7H6N2.C6H6/c8-7(9)4-2-1-3-10-5(4)11-6(7)12;1-2-6-3-5-9-7(6)8-4-1;1-2-4-6-5-3-1/h1-3H,(H,10,11,12);1-5H,(H,8,9);1-6H. The first-order chi connectivity index (χ1) is 13.1. The van der Waals surface area contributed by atoms with Gasteiger partial charge < -0.3 is 10.3 Å². The molecule has 0 unspecified atom stereocenters. The fourth-order valence-electron chi connectivity index (χ4n) is 2.33. The molecular weight excluding hydrogens is 472 g/mol. The molecule has 5 rings (SSSR count). The SMILES string of the molecule is O=C1Nc2ncccc2C1(Br)Br.c1ccccc1.c1cnc2[nH]ccc2c1. The number of benzene rings is 1. The third-order valence-corrected chi connectivity index (χ3v) is 5.23. The van der Waals surface area contributed by atoms with E-state index < -0.39 is 3.23 Å². The molecular formula is C20H16Br2N4O. The maximum atomic E-state index is 11.3. The van der Waals surface area contributed by atoms with Crippen LogP contribution in [0.3, 0.4) is 0 Å². The van der Waals surface area contributed by atoms with Crippen molar-refractivity contribution in [1.29, 1.82) is 0 Å². The van der Waals surface area contributed by atoms with Crippen molar-refractivity contribution in [1.82, 2.24) is 15.0 Å². The lowest BCUT2D eigenvalue weighted by Crippen LogP contribution is -2.20. The number of halogens is 2. The van der Waals surface area contributed by atoms with Gasteiger partial charge in [0.05, 0.1) is 0 Å². The van der Waals surface area contributed by atoms with Gasteiger partial charge in [-0.1, -0.05) is 74.3 Å². The van der Waals surface area contributed by atoms with Gasteiger partial charge in [0.15, 0.2) is 3.23 Å². The van der Waals surface area contributed by atoms with Crippen LogP contribution in [0.25, 0.3) is 11.0 Å². The summed E-state index contributed by atoms with van der Waals surface area (Å²) in [7, 11) is 0. The lowest BCUT2D eigenvalue weighted by Gasteiger charge is -2.08. The number of fused-ring (bicyclic) bond motifs is 2. The second-order valence-corrected chi connectivity index (χ2v) is 8.94. The van der Waals surface area contributed by atoms with Gasteiger partial charge in [-0.2, -0.15) is 0 Å². The summed E-state index contributed by atoms with van der Waals surface area (Å²) in [6, 6.07) is 21.6. The summed E-state index contributed by atoms with van der Waals surface area (Å²) < 4.78 is -0.802. The maximum Gasteiger partial charge on any atom is 0.258 e. The number of carbonyl (C=O) groups is 1. The molecule has 0 fully saturated rings. The molecule has 27 heavy (non-hydrogen) atoms. The zero-order chi connectivity index (χ0) is 19.1. The third kappa shape index (κ3) is 4.81. The highest BCUT2D eigenvalue weighted by atomic mass is 79.9. The number of pyridine rings is 2. The minimum absolute atomic E-state index is 0.142. The van der Waals surface area contributed by atoms with Crippen LogP contribution in [0.5, 0.6) is 0 Å². The second-order valence-electron chi connectivity index (χ2n) is 5.50. The molecule has 0 atom stereocenters. The molecule has 7 heteroatoms. The molecule has 0 saturated carbocycles. The summed E-state index contributed by atoms with van der Waals surface area (Å²) in [5.74, 6) is 0.465. The molecule has 1 aliphatic rings. The van der Waals surface area contributed by atoms with Crippen LogP contribution < -0.4 is 5.32 Å². The molecule has 1 aromatic carbocycles. The monoisotopic (exact) mass is 486 g/mol. The van der Waals surface area contributed by atoms with E-state index in [9.17, 15) is 4.79 Å². The Morgan fingerprint density at radius 1 is 0.815 bits per heavy atom. The maximum absolute atomic E-state index is 11.3. The van der Waals surface area contributed by atoms with Crippen LogP contribution in [0.1, 0.15) is 5.56 Å². The van der Waals surface area contributed by atoms with Gasteiger partial charge in [0, 0.05) is 29.5 Å². The summed E-state index contributed by atoms with van der Waals surface area (Å²) in [5, 5.41) is 3.81. The van der Waals surface area contributed by atoms with Gasteiger partial charge in [0.25, 0.3) is 5.91 Å². The predicted molar refractivity (Wildman–Crippen MR) is 115 cm³/mol. The molecule has 0 bridgehead atoms. The Kier molecular flexibility index (Phi) is 6.36. The molecule has 1 aliphatic heterocycles. The van der Waals surface area contributed by atoms with Crippen molar-refractivity contribution in [2.75, 3.05) is 5.32 Å². The lowest BCUT2D eigenvalue weighted by molar-refractivity contribution is -0.115. The van der Waals surface area contributed by atoms with Gasteiger partial charge in [-0.15, -0.1) is 0 Å². The number of H-pyrrole nitrogens is 1. The summed E-state index contributed by atoms with van der Waals surface area (Å²) >= 11 is 6.54. The smallest absolute Gasteiger partial charge is 0.258 e. The van der Waals surface area contributed by atoms with Crippen LogP contribution >= 0.6 is 31.9 Å². The van der Waals surface area contributed by atoms with Gasteiger partial charge >= 0.3 is 0 Å². The number of aromatic amines is 1. The summed E-state index contributed by atoms with van der Waals surface area (Å²) in [5.41, 5.74) is 1.77. The van der Waals surface area contributed by atoms with E-state index in [1.54, 1.807) is 18.5 Å². The Labute approximate surface area is 173 Å². The van der Waals surface area contributed by atoms with Crippen molar-refractivity contribution >= 4 is 54.6 Å². The third-order valence-electron chi connectivity index (χ3n) is 3.65. The Bertz CT molecular complexity index is 962. The van der Waals surface area contributed by atoms with E-state index in [1.807, 2.05) is 66.9 Å². The van der Waals surface area contributed by atoms with Crippen molar-refractivity contribution in [3.63, 3.8) is 0 Å². The number of rotatable bonds is 0.